The lowest BCUT2D eigenvalue weighted by atomic mass is 10.1. The number of carbonyl (C=O) groups is 3. The molecule has 1 aromatic heterocycles. The van der Waals surface area contributed by atoms with Crippen molar-refractivity contribution >= 4 is 46.7 Å². The van der Waals surface area contributed by atoms with Crippen molar-refractivity contribution in [2.45, 2.75) is 25.9 Å². The van der Waals surface area contributed by atoms with E-state index >= 15 is 0 Å². The van der Waals surface area contributed by atoms with E-state index in [-0.39, 0.29) is 29.5 Å². The molecule has 1 aromatic carbocycles. The van der Waals surface area contributed by atoms with Gasteiger partial charge in [0.05, 0.1) is 16.5 Å². The number of fused-ring (bicyclic) bond motifs is 1. The van der Waals surface area contributed by atoms with Gasteiger partial charge in [0.1, 0.15) is 13.2 Å². The highest BCUT2D eigenvalue weighted by atomic mass is 35.5. The van der Waals surface area contributed by atoms with E-state index in [1.807, 2.05) is 0 Å². The van der Waals surface area contributed by atoms with Gasteiger partial charge in [0, 0.05) is 18.2 Å². The molecule has 3 rings (SSSR count). The molecule has 10 heteroatoms. The summed E-state index contributed by atoms with van der Waals surface area (Å²) in [6.07, 6.45) is -0.0266. The molecule has 158 valence electrons. The van der Waals surface area contributed by atoms with Gasteiger partial charge >= 0.3 is 5.97 Å². The normalized spacial score (nSPS) is 13.3. The minimum absolute atomic E-state index is 0.0720. The summed E-state index contributed by atoms with van der Waals surface area (Å²) < 4.78 is 15.9. The van der Waals surface area contributed by atoms with Crippen LogP contribution in [0.3, 0.4) is 0 Å². The number of pyridine rings is 1. The predicted octanol–water partition coefficient (Wildman–Crippen LogP) is 3.69. The Morgan fingerprint density at radius 2 is 1.87 bits per heavy atom. The van der Waals surface area contributed by atoms with Crippen LogP contribution in [0.5, 0.6) is 11.5 Å². The molecule has 2 heterocycles. The molecule has 0 bridgehead atoms. The van der Waals surface area contributed by atoms with Gasteiger partial charge in [-0.3, -0.25) is 14.4 Å². The molecule has 0 radical (unpaired) electrons. The Morgan fingerprint density at radius 1 is 1.13 bits per heavy atom. The van der Waals surface area contributed by atoms with E-state index in [0.29, 0.717) is 35.3 Å². The van der Waals surface area contributed by atoms with Crippen LogP contribution in [0.15, 0.2) is 30.5 Å². The highest BCUT2D eigenvalue weighted by molar-refractivity contribution is 6.36. The number of Topliss-reactive ketones (excluding diaryl/α,β-unsaturated/α-hetero) is 1. The Kier molecular flexibility index (Phi) is 7.12. The van der Waals surface area contributed by atoms with E-state index in [1.165, 1.54) is 19.2 Å². The number of nitrogens with zero attached hydrogens (tertiary/aromatic N) is 1. The summed E-state index contributed by atoms with van der Waals surface area (Å²) in [6.45, 7) is 2.27. The molecule has 0 spiro atoms. The summed E-state index contributed by atoms with van der Waals surface area (Å²) in [5.41, 5.74) is 0.404. The SMILES string of the molecule is CC(OC(=O)CCC(=O)c1ccc2c(c1)OCCO2)C(=O)Nc1ncc(Cl)cc1Cl. The number of ketones is 1. The monoisotopic (exact) mass is 452 g/mol. The Balaban J connectivity index is 1.48. The van der Waals surface area contributed by atoms with Crippen LogP contribution in [0.4, 0.5) is 5.82 Å². The smallest absolute Gasteiger partial charge is 0.307 e. The second-order valence-corrected chi connectivity index (χ2v) is 7.23. The van der Waals surface area contributed by atoms with E-state index < -0.39 is 18.0 Å². The number of anilines is 1. The number of hydrogen-bond acceptors (Lipinski definition) is 7. The topological polar surface area (TPSA) is 104 Å². The first-order valence-electron chi connectivity index (χ1n) is 9.07. The molecule has 1 unspecified atom stereocenters. The zero-order valence-electron chi connectivity index (χ0n) is 15.9. The van der Waals surface area contributed by atoms with Gasteiger partial charge in [-0.15, -0.1) is 0 Å². The molecule has 8 nitrogen and oxygen atoms in total. The number of benzene rings is 1. The first-order valence-corrected chi connectivity index (χ1v) is 9.83. The van der Waals surface area contributed by atoms with Crippen LogP contribution < -0.4 is 14.8 Å². The van der Waals surface area contributed by atoms with Crippen LogP contribution in [0.2, 0.25) is 10.0 Å². The molecule has 1 atom stereocenters. The van der Waals surface area contributed by atoms with Gasteiger partial charge in [0.15, 0.2) is 29.2 Å². The van der Waals surface area contributed by atoms with E-state index in [2.05, 4.69) is 10.3 Å². The molecule has 1 N–H and O–H groups in total. The molecule has 1 aliphatic rings. The van der Waals surface area contributed by atoms with Crippen LogP contribution in [0.1, 0.15) is 30.1 Å². The van der Waals surface area contributed by atoms with Crippen LogP contribution in [-0.2, 0) is 14.3 Å². The first kappa shape index (κ1) is 21.9. The highest BCUT2D eigenvalue weighted by Crippen LogP contribution is 2.31. The Bertz CT molecular complexity index is 982. The molecule has 0 aliphatic carbocycles. The maximum atomic E-state index is 12.3. The molecule has 2 aromatic rings. The average molecular weight is 453 g/mol. The number of carbonyl (C=O) groups excluding carboxylic acids is 3. The van der Waals surface area contributed by atoms with Crippen molar-refractivity contribution in [3.8, 4) is 11.5 Å². The molecule has 0 fully saturated rings. The number of halogens is 2. The fourth-order valence-electron chi connectivity index (χ4n) is 2.61. The fraction of sp³-hybridized carbons (Fsp3) is 0.300. The van der Waals surface area contributed by atoms with Crippen LogP contribution in [0, 0.1) is 0 Å². The molecule has 0 saturated carbocycles. The number of hydrogen-bond donors (Lipinski definition) is 1. The van der Waals surface area contributed by atoms with E-state index in [0.717, 1.165) is 0 Å². The first-order chi connectivity index (χ1) is 14.3. The zero-order chi connectivity index (χ0) is 21.7. The average Bonchev–Trinajstić information content (AvgIpc) is 2.73. The number of nitrogens with one attached hydrogen (secondary N) is 1. The Morgan fingerprint density at radius 3 is 2.60 bits per heavy atom. The molecular weight excluding hydrogens is 435 g/mol. The minimum Gasteiger partial charge on any atom is -0.486 e. The lowest BCUT2D eigenvalue weighted by Gasteiger charge is -2.18. The van der Waals surface area contributed by atoms with Crippen molar-refractivity contribution in [2.24, 2.45) is 0 Å². The lowest BCUT2D eigenvalue weighted by Crippen LogP contribution is -2.30. The maximum absolute atomic E-state index is 12.3. The molecular formula is C20H18Cl2N2O6. The van der Waals surface area contributed by atoms with Crippen molar-refractivity contribution < 1.29 is 28.6 Å². The van der Waals surface area contributed by atoms with Gasteiger partial charge in [0.2, 0.25) is 0 Å². The summed E-state index contributed by atoms with van der Waals surface area (Å²) >= 11 is 11.7. The van der Waals surface area contributed by atoms with Crippen molar-refractivity contribution in [1.29, 1.82) is 0 Å². The van der Waals surface area contributed by atoms with Gasteiger partial charge in [-0.25, -0.2) is 4.98 Å². The van der Waals surface area contributed by atoms with Gasteiger partial charge in [-0.1, -0.05) is 23.2 Å². The molecule has 1 amide bonds. The third kappa shape index (κ3) is 5.61. The predicted molar refractivity (Wildman–Crippen MR) is 109 cm³/mol. The number of amides is 1. The van der Waals surface area contributed by atoms with E-state index in [4.69, 9.17) is 37.4 Å². The van der Waals surface area contributed by atoms with Crippen molar-refractivity contribution in [3.63, 3.8) is 0 Å². The number of rotatable bonds is 7. The van der Waals surface area contributed by atoms with E-state index in [9.17, 15) is 14.4 Å². The highest BCUT2D eigenvalue weighted by Gasteiger charge is 2.21. The van der Waals surface area contributed by atoms with Gasteiger partial charge in [-0.2, -0.15) is 0 Å². The summed E-state index contributed by atoms with van der Waals surface area (Å²) in [5.74, 6) is -0.375. The third-order valence-electron chi connectivity index (χ3n) is 4.15. The number of ether oxygens (including phenoxy) is 3. The summed E-state index contributed by atoms with van der Waals surface area (Å²) in [5, 5.41) is 2.92. The molecule has 1 aliphatic heterocycles. The molecule has 0 saturated heterocycles. The Labute approximate surface area is 182 Å². The summed E-state index contributed by atoms with van der Waals surface area (Å²) in [6, 6.07) is 6.27. The van der Waals surface area contributed by atoms with Crippen LogP contribution >= 0.6 is 23.2 Å². The maximum Gasteiger partial charge on any atom is 0.307 e. The van der Waals surface area contributed by atoms with Crippen LogP contribution in [0.25, 0.3) is 0 Å². The zero-order valence-corrected chi connectivity index (χ0v) is 17.5. The fourth-order valence-corrected chi connectivity index (χ4v) is 3.04. The minimum atomic E-state index is -1.10. The molecule has 30 heavy (non-hydrogen) atoms. The Hall–Kier alpha value is -2.84. The van der Waals surface area contributed by atoms with Gasteiger partial charge in [0.25, 0.3) is 5.91 Å². The second kappa shape index (κ2) is 9.77. The van der Waals surface area contributed by atoms with Crippen molar-refractivity contribution in [3.05, 3.63) is 46.1 Å². The number of aromatic nitrogens is 1. The van der Waals surface area contributed by atoms with Crippen molar-refractivity contribution in [1.82, 2.24) is 4.98 Å². The van der Waals surface area contributed by atoms with Crippen LogP contribution in [-0.4, -0.2) is 42.0 Å². The largest absolute Gasteiger partial charge is 0.486 e. The quantitative estimate of drug-likeness (QED) is 0.504. The standard InChI is InChI=1S/C20H18Cl2N2O6/c1-11(20(27)24-19-14(22)9-13(21)10-23-19)30-18(26)5-3-15(25)12-2-4-16-17(8-12)29-7-6-28-16/h2,4,8-11H,3,5-7H2,1H3,(H,23,24,27). The van der Waals surface area contributed by atoms with Crippen molar-refractivity contribution in [2.75, 3.05) is 18.5 Å². The van der Waals surface area contributed by atoms with Gasteiger partial charge in [-0.05, 0) is 31.2 Å². The summed E-state index contributed by atoms with van der Waals surface area (Å²) in [4.78, 5) is 40.4. The van der Waals surface area contributed by atoms with Gasteiger partial charge < -0.3 is 19.5 Å². The number of esters is 1. The summed E-state index contributed by atoms with van der Waals surface area (Å²) in [7, 11) is 0. The van der Waals surface area contributed by atoms with E-state index in [1.54, 1.807) is 18.2 Å². The third-order valence-corrected chi connectivity index (χ3v) is 4.64. The lowest BCUT2D eigenvalue weighted by molar-refractivity contribution is -0.153. The second-order valence-electron chi connectivity index (χ2n) is 6.39.